The van der Waals surface area contributed by atoms with Gasteiger partial charge in [-0.15, -0.1) is 0 Å². The number of ketones is 1. The Balaban J connectivity index is 2.24. The predicted octanol–water partition coefficient (Wildman–Crippen LogP) is 3.89. The van der Waals surface area contributed by atoms with Crippen molar-refractivity contribution in [3.8, 4) is 0 Å². The van der Waals surface area contributed by atoms with E-state index in [4.69, 9.17) is 16.3 Å². The molecule has 0 aromatic heterocycles. The van der Waals surface area contributed by atoms with Gasteiger partial charge < -0.3 is 10.1 Å². The first kappa shape index (κ1) is 15.8. The fourth-order valence-electron chi connectivity index (χ4n) is 2.78. The van der Waals surface area contributed by atoms with Crippen LogP contribution in [-0.2, 0) is 9.53 Å². The Labute approximate surface area is 129 Å². The quantitative estimate of drug-likeness (QED) is 0.918. The fourth-order valence-corrected chi connectivity index (χ4v) is 2.98. The van der Waals surface area contributed by atoms with Gasteiger partial charge in [0, 0.05) is 17.4 Å². The molecule has 5 heteroatoms. The van der Waals surface area contributed by atoms with E-state index in [0.717, 1.165) is 24.8 Å². The minimum absolute atomic E-state index is 0.197. The second-order valence-corrected chi connectivity index (χ2v) is 5.65. The highest BCUT2D eigenvalue weighted by Crippen LogP contribution is 2.33. The molecule has 1 aromatic carbocycles. The van der Waals surface area contributed by atoms with Crippen molar-refractivity contribution in [2.75, 3.05) is 6.61 Å². The van der Waals surface area contributed by atoms with Gasteiger partial charge in [0.15, 0.2) is 0 Å². The third-order valence-electron chi connectivity index (χ3n) is 3.76. The number of nitrogens with one attached hydrogen (secondary N) is 1. The molecule has 0 saturated heterocycles. The van der Waals surface area contributed by atoms with Gasteiger partial charge >= 0.3 is 6.09 Å². The van der Waals surface area contributed by atoms with Crippen LogP contribution in [-0.4, -0.2) is 18.5 Å². The van der Waals surface area contributed by atoms with E-state index in [9.17, 15) is 9.59 Å². The summed E-state index contributed by atoms with van der Waals surface area (Å²) in [6.07, 6.45) is 2.78. The van der Waals surface area contributed by atoms with Gasteiger partial charge in [-0.25, -0.2) is 4.79 Å². The predicted molar refractivity (Wildman–Crippen MR) is 81.3 cm³/mol. The van der Waals surface area contributed by atoms with E-state index in [-0.39, 0.29) is 17.7 Å². The number of benzene rings is 1. The Morgan fingerprint density at radius 2 is 2.29 bits per heavy atom. The second-order valence-electron chi connectivity index (χ2n) is 5.22. The molecule has 21 heavy (non-hydrogen) atoms. The normalized spacial score (nSPS) is 19.9. The van der Waals surface area contributed by atoms with E-state index in [1.54, 1.807) is 19.1 Å². The maximum Gasteiger partial charge on any atom is 0.407 e. The number of Topliss-reactive ketones (excluding diaryl/α,β-unsaturated/α-hetero) is 1. The number of halogens is 1. The molecule has 0 radical (unpaired) electrons. The first-order valence-electron chi connectivity index (χ1n) is 7.33. The van der Waals surface area contributed by atoms with Crippen molar-refractivity contribution in [1.29, 1.82) is 0 Å². The summed E-state index contributed by atoms with van der Waals surface area (Å²) < 4.78 is 4.96. The molecule has 1 fully saturated rings. The Morgan fingerprint density at radius 3 is 2.95 bits per heavy atom. The van der Waals surface area contributed by atoms with Crippen LogP contribution in [0.1, 0.15) is 44.2 Å². The van der Waals surface area contributed by atoms with Crippen LogP contribution in [0.15, 0.2) is 24.3 Å². The average molecular weight is 310 g/mol. The zero-order valence-electron chi connectivity index (χ0n) is 12.1. The van der Waals surface area contributed by atoms with E-state index in [1.807, 2.05) is 12.1 Å². The molecule has 0 heterocycles. The van der Waals surface area contributed by atoms with Crippen molar-refractivity contribution < 1.29 is 14.3 Å². The molecule has 2 unspecified atom stereocenters. The number of carbonyl (C=O) groups is 2. The van der Waals surface area contributed by atoms with Gasteiger partial charge in [0.2, 0.25) is 0 Å². The van der Waals surface area contributed by atoms with Crippen LogP contribution in [0.2, 0.25) is 5.02 Å². The standard InChI is InChI=1S/C16H20ClNO3/c1-2-21-16(20)18-15(11-6-5-7-12(17)10-11)13-8-3-4-9-14(13)19/h5-7,10,13,15H,2-4,8-9H2,1H3,(H,18,20). The highest BCUT2D eigenvalue weighted by atomic mass is 35.5. The van der Waals surface area contributed by atoms with Crippen LogP contribution >= 0.6 is 11.6 Å². The van der Waals surface area contributed by atoms with Crippen molar-refractivity contribution in [3.05, 3.63) is 34.9 Å². The third-order valence-corrected chi connectivity index (χ3v) is 4.00. The number of hydrogen-bond acceptors (Lipinski definition) is 3. The van der Waals surface area contributed by atoms with E-state index < -0.39 is 6.09 Å². The lowest BCUT2D eigenvalue weighted by atomic mass is 9.80. The lowest BCUT2D eigenvalue weighted by Gasteiger charge is -2.30. The van der Waals surface area contributed by atoms with Crippen LogP contribution in [0.4, 0.5) is 4.79 Å². The number of alkyl carbamates (subject to hydrolysis) is 1. The van der Waals surface area contributed by atoms with Gasteiger partial charge in [-0.2, -0.15) is 0 Å². The average Bonchev–Trinajstić information content (AvgIpc) is 2.46. The van der Waals surface area contributed by atoms with Crippen molar-refractivity contribution in [3.63, 3.8) is 0 Å². The molecule has 1 saturated carbocycles. The van der Waals surface area contributed by atoms with Gasteiger partial charge in [-0.1, -0.05) is 30.2 Å². The zero-order chi connectivity index (χ0) is 15.2. The first-order chi connectivity index (χ1) is 10.1. The van der Waals surface area contributed by atoms with E-state index >= 15 is 0 Å². The molecule has 1 N–H and O–H groups in total. The van der Waals surface area contributed by atoms with Gasteiger partial charge in [-0.05, 0) is 37.5 Å². The molecule has 1 aliphatic rings. The minimum Gasteiger partial charge on any atom is -0.450 e. The highest BCUT2D eigenvalue weighted by Gasteiger charge is 2.32. The Kier molecular flexibility index (Phi) is 5.62. The third kappa shape index (κ3) is 4.21. The summed E-state index contributed by atoms with van der Waals surface area (Å²) in [7, 11) is 0. The van der Waals surface area contributed by atoms with Crippen LogP contribution in [0, 0.1) is 5.92 Å². The van der Waals surface area contributed by atoms with Gasteiger partial charge in [0.1, 0.15) is 5.78 Å². The highest BCUT2D eigenvalue weighted by molar-refractivity contribution is 6.30. The Hall–Kier alpha value is -1.55. The van der Waals surface area contributed by atoms with Crippen LogP contribution < -0.4 is 5.32 Å². The summed E-state index contributed by atoms with van der Waals surface area (Å²) >= 11 is 6.03. The molecule has 0 spiro atoms. The van der Waals surface area contributed by atoms with Crippen molar-refractivity contribution in [1.82, 2.24) is 5.32 Å². The molecule has 2 atom stereocenters. The number of ether oxygens (including phenoxy) is 1. The molecular formula is C16H20ClNO3. The van der Waals surface area contributed by atoms with Crippen LogP contribution in [0.3, 0.4) is 0 Å². The zero-order valence-corrected chi connectivity index (χ0v) is 12.9. The molecule has 1 amide bonds. The van der Waals surface area contributed by atoms with E-state index in [1.165, 1.54) is 0 Å². The molecule has 0 bridgehead atoms. The second kappa shape index (κ2) is 7.46. The molecule has 4 nitrogen and oxygen atoms in total. The number of amides is 1. The lowest BCUT2D eigenvalue weighted by molar-refractivity contribution is -0.125. The van der Waals surface area contributed by atoms with Gasteiger partial charge in [-0.3, -0.25) is 4.79 Å². The molecular weight excluding hydrogens is 290 g/mol. The Morgan fingerprint density at radius 1 is 1.48 bits per heavy atom. The van der Waals surface area contributed by atoms with E-state index in [2.05, 4.69) is 5.32 Å². The van der Waals surface area contributed by atoms with Crippen molar-refractivity contribution in [2.24, 2.45) is 5.92 Å². The fraction of sp³-hybridized carbons (Fsp3) is 0.500. The monoisotopic (exact) mass is 309 g/mol. The summed E-state index contributed by atoms with van der Waals surface area (Å²) in [5, 5.41) is 3.41. The Bertz CT molecular complexity index is 518. The summed E-state index contributed by atoms with van der Waals surface area (Å²) in [6, 6.07) is 6.89. The summed E-state index contributed by atoms with van der Waals surface area (Å²) in [6.45, 7) is 2.05. The van der Waals surface area contributed by atoms with E-state index in [0.29, 0.717) is 18.1 Å². The van der Waals surface area contributed by atoms with Crippen molar-refractivity contribution in [2.45, 2.75) is 38.6 Å². The molecule has 114 valence electrons. The smallest absolute Gasteiger partial charge is 0.407 e. The SMILES string of the molecule is CCOC(=O)NC(c1cccc(Cl)c1)C1CCCCC1=O. The first-order valence-corrected chi connectivity index (χ1v) is 7.71. The maximum absolute atomic E-state index is 12.2. The van der Waals surface area contributed by atoms with Crippen molar-refractivity contribution >= 4 is 23.5 Å². The minimum atomic E-state index is -0.499. The number of hydrogen-bond donors (Lipinski definition) is 1. The van der Waals surface area contributed by atoms with Crippen LogP contribution in [0.25, 0.3) is 0 Å². The molecule has 1 aliphatic carbocycles. The number of carbonyl (C=O) groups excluding carboxylic acids is 2. The van der Waals surface area contributed by atoms with Gasteiger partial charge in [0.25, 0.3) is 0 Å². The largest absolute Gasteiger partial charge is 0.450 e. The number of rotatable bonds is 4. The topological polar surface area (TPSA) is 55.4 Å². The lowest BCUT2D eigenvalue weighted by Crippen LogP contribution is -2.38. The molecule has 1 aromatic rings. The van der Waals surface area contributed by atoms with Crippen LogP contribution in [0.5, 0.6) is 0 Å². The molecule has 2 rings (SSSR count). The summed E-state index contributed by atoms with van der Waals surface area (Å²) in [5.41, 5.74) is 0.843. The van der Waals surface area contributed by atoms with Gasteiger partial charge in [0.05, 0.1) is 12.6 Å². The summed E-state index contributed by atoms with van der Waals surface area (Å²) in [4.78, 5) is 24.0. The maximum atomic E-state index is 12.2. The summed E-state index contributed by atoms with van der Waals surface area (Å²) in [5.74, 6) is -0.00959. The molecule has 0 aliphatic heterocycles.